The van der Waals surface area contributed by atoms with Crippen molar-refractivity contribution in [1.82, 2.24) is 19.9 Å². The maximum Gasteiger partial charge on any atom is 0.132 e. The van der Waals surface area contributed by atoms with Gasteiger partial charge in [0.2, 0.25) is 0 Å². The molecule has 0 N–H and O–H groups in total. The van der Waals surface area contributed by atoms with E-state index in [4.69, 9.17) is 0 Å². The predicted octanol–water partition coefficient (Wildman–Crippen LogP) is 14.2. The molecule has 4 saturated carbocycles. The first-order chi connectivity index (χ1) is 28.4. The zero-order valence-corrected chi connectivity index (χ0v) is 36.7. The molecule has 58 heavy (non-hydrogen) atoms. The lowest BCUT2D eigenvalue weighted by Crippen LogP contribution is -2.27. The minimum Gasteiger partial charge on any atom is -0.300 e. The number of alkyl halides is 2. The van der Waals surface area contributed by atoms with Gasteiger partial charge in [-0.15, -0.1) is 0 Å². The molecule has 7 heteroatoms. The van der Waals surface area contributed by atoms with E-state index in [1.807, 2.05) is 0 Å². The summed E-state index contributed by atoms with van der Waals surface area (Å²) < 4.78 is 31.1. The first-order valence-electron chi connectivity index (χ1n) is 24.8. The van der Waals surface area contributed by atoms with Crippen LogP contribution in [-0.2, 0) is 17.6 Å². The molecule has 0 spiro atoms. The van der Waals surface area contributed by atoms with Crippen LogP contribution in [0.1, 0.15) is 228 Å². The Kier molecular flexibility index (Phi) is 18.9. The lowest BCUT2D eigenvalue weighted by Gasteiger charge is -2.34. The number of halogens is 2. The average Bonchev–Trinajstić information content (AvgIpc) is 3.26. The standard InChI is InChI=1S/C51H80F2N4O/c1-3-5-7-9-50-54-33-45(34-55-50)41-21-15-39(16-22-41)31-48(52)43-25-11-37(12-26-43)19-29-47(58)30-20-38-13-27-44(28-14-38)49(53)32-40-17-23-42(24-18-40)46-35-56-51(57-36-46)10-8-6-4-2/h33-44,48-49H,3-32H2,1-2H3. The minimum atomic E-state index is -0.678. The van der Waals surface area contributed by atoms with Gasteiger partial charge in [-0.25, -0.2) is 28.7 Å². The molecule has 4 aliphatic rings. The van der Waals surface area contributed by atoms with Crippen LogP contribution in [0.4, 0.5) is 8.78 Å². The van der Waals surface area contributed by atoms with Gasteiger partial charge in [-0.2, -0.15) is 0 Å². The van der Waals surface area contributed by atoms with Gasteiger partial charge in [-0.3, -0.25) is 4.79 Å². The molecule has 2 atom stereocenters. The summed E-state index contributed by atoms with van der Waals surface area (Å²) in [5.41, 5.74) is 2.54. The zero-order chi connectivity index (χ0) is 40.5. The number of unbranched alkanes of at least 4 members (excludes halogenated alkanes) is 4. The van der Waals surface area contributed by atoms with Crippen molar-refractivity contribution in [3.05, 3.63) is 47.6 Å². The molecule has 0 bridgehead atoms. The molecule has 2 aromatic rings. The zero-order valence-electron chi connectivity index (χ0n) is 36.7. The van der Waals surface area contributed by atoms with Crippen molar-refractivity contribution in [2.45, 2.75) is 231 Å². The molecule has 0 aromatic carbocycles. The van der Waals surface area contributed by atoms with Gasteiger partial charge in [0.05, 0.1) is 0 Å². The second-order valence-electron chi connectivity index (χ2n) is 19.9. The number of carbonyl (C=O) groups is 1. The number of rotatable bonds is 22. The fraction of sp³-hybridized carbons (Fsp3) is 0.824. The number of hydrogen-bond acceptors (Lipinski definition) is 5. The van der Waals surface area contributed by atoms with Gasteiger partial charge < -0.3 is 0 Å². The quantitative estimate of drug-likeness (QED) is 0.111. The van der Waals surface area contributed by atoms with Crippen LogP contribution in [-0.4, -0.2) is 38.1 Å². The fourth-order valence-electron chi connectivity index (χ4n) is 11.5. The number of ketones is 1. The summed E-state index contributed by atoms with van der Waals surface area (Å²) in [6, 6.07) is 0. The van der Waals surface area contributed by atoms with E-state index in [1.54, 1.807) is 0 Å². The minimum absolute atomic E-state index is 0.205. The third kappa shape index (κ3) is 14.4. The smallest absolute Gasteiger partial charge is 0.132 e. The summed E-state index contributed by atoms with van der Waals surface area (Å²) in [6.07, 6.45) is 38.1. The second-order valence-corrected chi connectivity index (χ2v) is 19.9. The molecule has 324 valence electrons. The van der Waals surface area contributed by atoms with Gasteiger partial charge in [0.15, 0.2) is 0 Å². The molecule has 2 aromatic heterocycles. The van der Waals surface area contributed by atoms with Crippen LogP contribution in [0.15, 0.2) is 24.8 Å². The third-order valence-electron chi connectivity index (χ3n) is 15.7. The third-order valence-corrected chi connectivity index (χ3v) is 15.7. The number of aromatic nitrogens is 4. The van der Waals surface area contributed by atoms with Crippen molar-refractivity contribution < 1.29 is 13.6 Å². The maximum atomic E-state index is 15.6. The summed E-state index contributed by atoms with van der Waals surface area (Å²) >= 11 is 0. The fourth-order valence-corrected chi connectivity index (χ4v) is 11.5. The van der Waals surface area contributed by atoms with Crippen LogP contribution >= 0.6 is 0 Å². The van der Waals surface area contributed by atoms with Crippen molar-refractivity contribution in [3.8, 4) is 0 Å². The molecular weight excluding hydrogens is 723 g/mol. The van der Waals surface area contributed by atoms with E-state index in [1.165, 1.54) is 36.8 Å². The van der Waals surface area contributed by atoms with Crippen LogP contribution in [0, 0.1) is 35.5 Å². The molecule has 0 radical (unpaired) electrons. The molecule has 5 nitrogen and oxygen atoms in total. The van der Waals surface area contributed by atoms with E-state index in [0.29, 0.717) is 54.1 Å². The van der Waals surface area contributed by atoms with Crippen LogP contribution in [0.2, 0.25) is 0 Å². The van der Waals surface area contributed by atoms with E-state index < -0.39 is 12.3 Å². The molecule has 2 heterocycles. The Labute approximate surface area is 352 Å². The molecule has 0 aliphatic heterocycles. The van der Waals surface area contributed by atoms with Crippen molar-refractivity contribution >= 4 is 5.78 Å². The SMILES string of the molecule is CCCCCc1ncc(C2CCC(CC(F)C3CCC(CCC(=O)CCC4CCC(C(F)CC5CCC(c6cnc(CCCCC)nc6)CC5)CC4)CC3)CC2)cn1. The van der Waals surface area contributed by atoms with E-state index in [-0.39, 0.29) is 11.8 Å². The molecule has 4 fully saturated rings. The Morgan fingerprint density at radius 3 is 1.21 bits per heavy atom. The highest BCUT2D eigenvalue weighted by Gasteiger charge is 2.33. The predicted molar refractivity (Wildman–Crippen MR) is 233 cm³/mol. The number of aryl methyl sites for hydroxylation is 2. The number of Topliss-reactive ketones (excluding diaryl/α,β-unsaturated/α-hetero) is 1. The molecule has 6 rings (SSSR count). The van der Waals surface area contributed by atoms with Gasteiger partial charge in [0.1, 0.15) is 29.8 Å². The van der Waals surface area contributed by atoms with E-state index >= 15 is 8.78 Å². The maximum absolute atomic E-state index is 15.6. The van der Waals surface area contributed by atoms with Gasteiger partial charge in [-0.1, -0.05) is 65.2 Å². The summed E-state index contributed by atoms with van der Waals surface area (Å²) in [7, 11) is 0. The van der Waals surface area contributed by atoms with Crippen molar-refractivity contribution in [2.75, 3.05) is 0 Å². The highest BCUT2D eigenvalue weighted by atomic mass is 19.1. The lowest BCUT2D eigenvalue weighted by atomic mass is 9.73. The largest absolute Gasteiger partial charge is 0.300 e. The topological polar surface area (TPSA) is 68.6 Å². The van der Waals surface area contributed by atoms with Gasteiger partial charge in [0, 0.05) is 50.5 Å². The Balaban J connectivity index is 0.776. The molecule has 0 saturated heterocycles. The number of carbonyl (C=O) groups excluding carboxylic acids is 1. The van der Waals surface area contributed by atoms with Crippen molar-refractivity contribution in [2.24, 2.45) is 35.5 Å². The van der Waals surface area contributed by atoms with Gasteiger partial charge in [0.25, 0.3) is 0 Å². The number of nitrogens with zero attached hydrogens (tertiary/aromatic N) is 4. The normalized spacial score (nSPS) is 29.2. The second kappa shape index (κ2) is 24.2. The van der Waals surface area contributed by atoms with E-state index in [9.17, 15) is 4.79 Å². The van der Waals surface area contributed by atoms with Crippen LogP contribution in [0.25, 0.3) is 0 Å². The Hall–Kier alpha value is -2.31. The highest BCUT2D eigenvalue weighted by Crippen LogP contribution is 2.43. The first-order valence-corrected chi connectivity index (χ1v) is 24.8. The molecular formula is C51H80F2N4O. The molecule has 0 amide bonds. The molecule has 2 unspecified atom stereocenters. The summed E-state index contributed by atoms with van der Waals surface area (Å²) in [6.45, 7) is 4.44. The summed E-state index contributed by atoms with van der Waals surface area (Å²) in [4.78, 5) is 31.5. The first kappa shape index (κ1) is 45.2. The average molecular weight is 803 g/mol. The summed E-state index contributed by atoms with van der Waals surface area (Å²) in [5.74, 6) is 5.98. The number of hydrogen-bond donors (Lipinski definition) is 0. The highest BCUT2D eigenvalue weighted by molar-refractivity contribution is 5.78. The van der Waals surface area contributed by atoms with Gasteiger partial charge in [-0.05, 0) is 174 Å². The Morgan fingerprint density at radius 1 is 0.517 bits per heavy atom. The van der Waals surface area contributed by atoms with Gasteiger partial charge >= 0.3 is 0 Å². The van der Waals surface area contributed by atoms with Crippen LogP contribution in [0.5, 0.6) is 0 Å². The van der Waals surface area contributed by atoms with Crippen molar-refractivity contribution in [3.63, 3.8) is 0 Å². The summed E-state index contributed by atoms with van der Waals surface area (Å²) in [5, 5.41) is 0. The lowest BCUT2D eigenvalue weighted by molar-refractivity contribution is -0.119. The van der Waals surface area contributed by atoms with Crippen molar-refractivity contribution in [1.29, 1.82) is 0 Å². The Morgan fingerprint density at radius 2 is 0.862 bits per heavy atom. The van der Waals surface area contributed by atoms with E-state index in [0.717, 1.165) is 166 Å². The monoisotopic (exact) mass is 803 g/mol. The Bertz CT molecular complexity index is 1310. The van der Waals surface area contributed by atoms with E-state index in [2.05, 4.69) is 58.6 Å². The van der Waals surface area contributed by atoms with Crippen LogP contribution in [0.3, 0.4) is 0 Å². The van der Waals surface area contributed by atoms with Crippen LogP contribution < -0.4 is 0 Å². The molecule has 4 aliphatic carbocycles.